The molecule has 1 aliphatic carbocycles. The van der Waals surface area contributed by atoms with Crippen LogP contribution in [0.1, 0.15) is 40.0 Å². The van der Waals surface area contributed by atoms with Crippen molar-refractivity contribution in [1.82, 2.24) is 10.6 Å². The molecule has 0 unspecified atom stereocenters. The van der Waals surface area contributed by atoms with Gasteiger partial charge in [0.15, 0.2) is 0 Å². The second-order valence-corrected chi connectivity index (χ2v) is 5.32. The van der Waals surface area contributed by atoms with E-state index in [-0.39, 0.29) is 5.41 Å². The van der Waals surface area contributed by atoms with Crippen molar-refractivity contribution in [3.05, 3.63) is 0 Å². The number of hydrogen-bond acceptors (Lipinski definition) is 3. The van der Waals surface area contributed by atoms with Crippen LogP contribution in [0.15, 0.2) is 0 Å². The van der Waals surface area contributed by atoms with Crippen LogP contribution in [0, 0.1) is 5.41 Å². The van der Waals surface area contributed by atoms with Gasteiger partial charge in [-0.05, 0) is 12.8 Å². The highest BCUT2D eigenvalue weighted by Crippen LogP contribution is 2.37. The van der Waals surface area contributed by atoms with Gasteiger partial charge in [0, 0.05) is 37.2 Å². The van der Waals surface area contributed by atoms with Crippen LogP contribution in [-0.4, -0.2) is 36.9 Å². The molecule has 0 amide bonds. The monoisotopic (exact) mass is 214 g/mol. The lowest BCUT2D eigenvalue weighted by Gasteiger charge is -2.30. The van der Waals surface area contributed by atoms with Crippen LogP contribution in [0.4, 0.5) is 0 Å². The van der Waals surface area contributed by atoms with Crippen LogP contribution in [-0.2, 0) is 0 Å². The van der Waals surface area contributed by atoms with Gasteiger partial charge in [-0.1, -0.05) is 27.2 Å². The SMILES string of the molecule is CC(C)NCCN[C@@H]1CCC[C@]1(C)CO. The summed E-state index contributed by atoms with van der Waals surface area (Å²) in [6, 6.07) is 1.05. The zero-order chi connectivity index (χ0) is 11.3. The summed E-state index contributed by atoms with van der Waals surface area (Å²) in [5, 5.41) is 16.3. The minimum Gasteiger partial charge on any atom is -0.396 e. The molecule has 0 bridgehead atoms. The molecule has 3 heteroatoms. The quantitative estimate of drug-likeness (QED) is 0.581. The van der Waals surface area contributed by atoms with E-state index in [1.54, 1.807) is 0 Å². The molecule has 0 aromatic rings. The van der Waals surface area contributed by atoms with Crippen molar-refractivity contribution in [1.29, 1.82) is 0 Å². The van der Waals surface area contributed by atoms with Crippen molar-refractivity contribution in [3.63, 3.8) is 0 Å². The highest BCUT2D eigenvalue weighted by Gasteiger charge is 2.37. The lowest BCUT2D eigenvalue weighted by atomic mass is 9.86. The van der Waals surface area contributed by atoms with Crippen LogP contribution in [0.5, 0.6) is 0 Å². The smallest absolute Gasteiger partial charge is 0.0499 e. The minimum atomic E-state index is 0.109. The predicted molar refractivity (Wildman–Crippen MR) is 64.0 cm³/mol. The lowest BCUT2D eigenvalue weighted by Crippen LogP contribution is -2.44. The Bertz CT molecular complexity index is 184. The van der Waals surface area contributed by atoms with E-state index in [1.165, 1.54) is 12.8 Å². The number of aliphatic hydroxyl groups is 1. The third-order valence-corrected chi connectivity index (χ3v) is 3.51. The van der Waals surface area contributed by atoms with Gasteiger partial charge >= 0.3 is 0 Å². The van der Waals surface area contributed by atoms with Gasteiger partial charge in [-0.15, -0.1) is 0 Å². The first-order chi connectivity index (χ1) is 7.08. The second kappa shape index (κ2) is 5.83. The number of nitrogens with one attached hydrogen (secondary N) is 2. The van der Waals surface area contributed by atoms with Crippen molar-refractivity contribution < 1.29 is 5.11 Å². The van der Waals surface area contributed by atoms with Gasteiger partial charge in [0.2, 0.25) is 0 Å². The Morgan fingerprint density at radius 1 is 1.40 bits per heavy atom. The van der Waals surface area contributed by atoms with Crippen LogP contribution in [0.25, 0.3) is 0 Å². The van der Waals surface area contributed by atoms with Crippen molar-refractivity contribution in [2.24, 2.45) is 5.41 Å². The summed E-state index contributed by atoms with van der Waals surface area (Å²) in [6.45, 7) is 8.82. The van der Waals surface area contributed by atoms with Gasteiger partial charge in [-0.3, -0.25) is 0 Å². The minimum absolute atomic E-state index is 0.109. The van der Waals surface area contributed by atoms with Crippen LogP contribution < -0.4 is 10.6 Å². The van der Waals surface area contributed by atoms with Crippen molar-refractivity contribution in [2.45, 2.75) is 52.1 Å². The summed E-state index contributed by atoms with van der Waals surface area (Å²) >= 11 is 0. The first kappa shape index (κ1) is 12.9. The molecule has 1 rings (SSSR count). The summed E-state index contributed by atoms with van der Waals surface area (Å²) in [6.07, 6.45) is 3.60. The van der Waals surface area contributed by atoms with E-state index in [0.29, 0.717) is 18.7 Å². The number of rotatable bonds is 6. The summed E-state index contributed by atoms with van der Waals surface area (Å²) in [5.41, 5.74) is 0.109. The molecule has 90 valence electrons. The molecule has 3 N–H and O–H groups in total. The van der Waals surface area contributed by atoms with Gasteiger partial charge < -0.3 is 15.7 Å². The van der Waals surface area contributed by atoms with E-state index in [9.17, 15) is 5.11 Å². The molecule has 1 fully saturated rings. The average Bonchev–Trinajstić information content (AvgIpc) is 2.56. The largest absolute Gasteiger partial charge is 0.396 e. The van der Waals surface area contributed by atoms with Gasteiger partial charge in [0.1, 0.15) is 0 Å². The topological polar surface area (TPSA) is 44.3 Å². The fourth-order valence-electron chi connectivity index (χ4n) is 2.38. The number of aliphatic hydroxyl groups excluding tert-OH is 1. The Morgan fingerprint density at radius 3 is 2.73 bits per heavy atom. The molecule has 3 nitrogen and oxygen atoms in total. The molecule has 0 aromatic carbocycles. The van der Waals surface area contributed by atoms with Gasteiger partial charge in [-0.2, -0.15) is 0 Å². The standard InChI is InChI=1S/C12H26N2O/c1-10(2)13-7-8-14-11-5-4-6-12(11,3)9-15/h10-11,13-15H,4-9H2,1-3H3/t11-,12-/m1/s1. The van der Waals surface area contributed by atoms with Crippen molar-refractivity contribution >= 4 is 0 Å². The molecular formula is C12H26N2O. The number of hydrogen-bond donors (Lipinski definition) is 3. The molecule has 1 saturated carbocycles. The Labute approximate surface area is 93.6 Å². The van der Waals surface area contributed by atoms with Gasteiger partial charge in [-0.25, -0.2) is 0 Å². The maximum Gasteiger partial charge on any atom is 0.0499 e. The summed E-state index contributed by atoms with van der Waals surface area (Å²) in [7, 11) is 0. The highest BCUT2D eigenvalue weighted by molar-refractivity contribution is 4.92. The predicted octanol–water partition coefficient (Wildman–Crippen LogP) is 1.13. The van der Waals surface area contributed by atoms with Crippen LogP contribution >= 0.6 is 0 Å². The molecule has 0 radical (unpaired) electrons. The zero-order valence-corrected chi connectivity index (χ0v) is 10.3. The highest BCUT2D eigenvalue weighted by atomic mass is 16.3. The van der Waals surface area contributed by atoms with E-state index in [2.05, 4.69) is 31.4 Å². The molecule has 0 saturated heterocycles. The van der Waals surface area contributed by atoms with Crippen LogP contribution in [0.2, 0.25) is 0 Å². The molecule has 2 atom stereocenters. The molecule has 0 aromatic heterocycles. The van der Waals surface area contributed by atoms with Crippen molar-refractivity contribution in [2.75, 3.05) is 19.7 Å². The molecule has 0 aliphatic heterocycles. The molecule has 0 heterocycles. The maximum absolute atomic E-state index is 9.38. The molecule has 15 heavy (non-hydrogen) atoms. The van der Waals surface area contributed by atoms with Gasteiger partial charge in [0.05, 0.1) is 0 Å². The fourth-order valence-corrected chi connectivity index (χ4v) is 2.38. The Morgan fingerprint density at radius 2 is 2.13 bits per heavy atom. The maximum atomic E-state index is 9.38. The summed E-state index contributed by atoms with van der Waals surface area (Å²) in [4.78, 5) is 0. The molecule has 1 aliphatic rings. The van der Waals surface area contributed by atoms with Crippen molar-refractivity contribution in [3.8, 4) is 0 Å². The average molecular weight is 214 g/mol. The Hall–Kier alpha value is -0.120. The third-order valence-electron chi connectivity index (χ3n) is 3.51. The van der Waals surface area contributed by atoms with E-state index in [0.717, 1.165) is 19.5 Å². The van der Waals surface area contributed by atoms with E-state index in [4.69, 9.17) is 0 Å². The first-order valence-electron chi connectivity index (χ1n) is 6.16. The second-order valence-electron chi connectivity index (χ2n) is 5.32. The molecule has 0 spiro atoms. The van der Waals surface area contributed by atoms with E-state index >= 15 is 0 Å². The molecular weight excluding hydrogens is 188 g/mol. The Balaban J connectivity index is 2.20. The van der Waals surface area contributed by atoms with Gasteiger partial charge in [0.25, 0.3) is 0 Å². The Kier molecular flexibility index (Phi) is 5.03. The third kappa shape index (κ3) is 3.74. The summed E-state index contributed by atoms with van der Waals surface area (Å²) < 4.78 is 0. The normalized spacial score (nSPS) is 31.4. The van der Waals surface area contributed by atoms with E-state index < -0.39 is 0 Å². The first-order valence-corrected chi connectivity index (χ1v) is 6.16. The van der Waals surface area contributed by atoms with Crippen LogP contribution in [0.3, 0.4) is 0 Å². The van der Waals surface area contributed by atoms with E-state index in [1.807, 2.05) is 0 Å². The zero-order valence-electron chi connectivity index (χ0n) is 10.3. The fraction of sp³-hybridized carbons (Fsp3) is 1.00. The lowest BCUT2D eigenvalue weighted by molar-refractivity contribution is 0.119. The summed E-state index contributed by atoms with van der Waals surface area (Å²) in [5.74, 6) is 0.